The van der Waals surface area contributed by atoms with Crippen molar-refractivity contribution < 1.29 is 36.6 Å². The van der Waals surface area contributed by atoms with Gasteiger partial charge in [-0.1, -0.05) is 23.5 Å². The Balaban J connectivity index is 1.67. The van der Waals surface area contributed by atoms with E-state index in [0.29, 0.717) is 47.0 Å². The number of benzene rings is 2. The molecule has 2 aromatic carbocycles. The molecule has 0 bridgehead atoms. The van der Waals surface area contributed by atoms with Crippen LogP contribution in [0.2, 0.25) is 0 Å². The SMILES string of the molecule is OCC1CNCCN1c1nc(O)c(/C(Cc2ccc(C(F)(F)F)cc2C(F)(F)F)=c2\ccc3c(c2)C=NN=3)s1. The van der Waals surface area contributed by atoms with Gasteiger partial charge in [0, 0.05) is 31.6 Å². The van der Waals surface area contributed by atoms with Crippen LogP contribution in [0.3, 0.4) is 0 Å². The lowest BCUT2D eigenvalue weighted by Crippen LogP contribution is -2.53. The van der Waals surface area contributed by atoms with Crippen LogP contribution in [0.1, 0.15) is 27.1 Å². The molecule has 0 spiro atoms. The summed E-state index contributed by atoms with van der Waals surface area (Å²) in [6.45, 7) is 1.35. The van der Waals surface area contributed by atoms with Crippen LogP contribution in [0.25, 0.3) is 5.57 Å². The summed E-state index contributed by atoms with van der Waals surface area (Å²) in [6, 6.07) is 6.06. The summed E-state index contributed by atoms with van der Waals surface area (Å²) in [5.41, 5.74) is -2.39. The van der Waals surface area contributed by atoms with Crippen molar-refractivity contribution in [1.82, 2.24) is 10.3 Å². The third-order valence-electron chi connectivity index (χ3n) is 6.53. The molecule has 206 valence electrons. The molecule has 0 amide bonds. The highest BCUT2D eigenvalue weighted by Gasteiger charge is 2.38. The summed E-state index contributed by atoms with van der Waals surface area (Å²) in [6.07, 6.45) is -8.98. The van der Waals surface area contributed by atoms with E-state index < -0.39 is 41.3 Å². The van der Waals surface area contributed by atoms with Gasteiger partial charge in [0.1, 0.15) is 0 Å². The molecule has 5 rings (SSSR count). The van der Waals surface area contributed by atoms with Crippen LogP contribution in [0.4, 0.5) is 31.5 Å². The van der Waals surface area contributed by atoms with Crippen molar-refractivity contribution >= 4 is 28.3 Å². The number of aromatic nitrogens is 1. The third kappa shape index (κ3) is 5.49. The molecule has 14 heteroatoms. The first-order valence-electron chi connectivity index (χ1n) is 11.8. The predicted octanol–water partition coefficient (Wildman–Crippen LogP) is 3.07. The summed E-state index contributed by atoms with van der Waals surface area (Å²) < 4.78 is 81.6. The van der Waals surface area contributed by atoms with E-state index in [0.717, 1.165) is 17.4 Å². The number of rotatable bonds is 5. The average molecular weight is 570 g/mol. The number of aliphatic hydroxyl groups is 1. The highest BCUT2D eigenvalue weighted by Crippen LogP contribution is 2.41. The van der Waals surface area contributed by atoms with E-state index in [1.807, 2.05) is 0 Å². The van der Waals surface area contributed by atoms with Gasteiger partial charge in [0.25, 0.3) is 0 Å². The molecule has 2 aliphatic heterocycles. The Bertz CT molecular complexity index is 1550. The topological polar surface area (TPSA) is 93.3 Å². The van der Waals surface area contributed by atoms with Gasteiger partial charge in [0.05, 0.1) is 40.2 Å². The van der Waals surface area contributed by atoms with Gasteiger partial charge in [-0.15, -0.1) is 0 Å². The maximum Gasteiger partial charge on any atom is 0.416 e. The van der Waals surface area contributed by atoms with Crippen molar-refractivity contribution in [3.8, 4) is 5.88 Å². The smallest absolute Gasteiger partial charge is 0.416 e. The fraction of sp³-hybridized carbons (Fsp3) is 0.320. The zero-order valence-corrected chi connectivity index (χ0v) is 20.8. The van der Waals surface area contributed by atoms with Gasteiger partial charge in [0.15, 0.2) is 5.13 Å². The first-order chi connectivity index (χ1) is 18.5. The molecule has 1 saturated heterocycles. The molecule has 3 heterocycles. The zero-order valence-electron chi connectivity index (χ0n) is 20.0. The Kier molecular flexibility index (Phi) is 7.11. The maximum absolute atomic E-state index is 14.0. The van der Waals surface area contributed by atoms with Crippen LogP contribution < -0.4 is 20.8 Å². The van der Waals surface area contributed by atoms with Crippen molar-refractivity contribution in [2.75, 3.05) is 31.1 Å². The van der Waals surface area contributed by atoms with Gasteiger partial charge < -0.3 is 20.4 Å². The van der Waals surface area contributed by atoms with Crippen LogP contribution in [0.15, 0.2) is 46.6 Å². The summed E-state index contributed by atoms with van der Waals surface area (Å²) in [5, 5.41) is 32.9. The second-order valence-corrected chi connectivity index (χ2v) is 10.0. The molecule has 1 unspecified atom stereocenters. The van der Waals surface area contributed by atoms with E-state index in [1.54, 1.807) is 23.1 Å². The number of nitrogens with zero attached hydrogens (tertiary/aromatic N) is 4. The highest BCUT2D eigenvalue weighted by atomic mass is 32.1. The lowest BCUT2D eigenvalue weighted by Gasteiger charge is -2.34. The minimum Gasteiger partial charge on any atom is -0.492 e. The molecule has 3 N–H and O–H groups in total. The van der Waals surface area contributed by atoms with Crippen molar-refractivity contribution in [3.05, 3.63) is 74.1 Å². The molecule has 1 aromatic heterocycles. The quantitative estimate of drug-likeness (QED) is 0.411. The molecule has 0 aliphatic carbocycles. The van der Waals surface area contributed by atoms with E-state index in [9.17, 15) is 36.6 Å². The molecule has 0 saturated carbocycles. The first kappa shape index (κ1) is 27.1. The number of aromatic hydroxyl groups is 1. The van der Waals surface area contributed by atoms with Crippen LogP contribution in [0, 0.1) is 0 Å². The molecular formula is C25H21F6N5O2S. The molecular weight excluding hydrogens is 548 g/mol. The summed E-state index contributed by atoms with van der Waals surface area (Å²) in [4.78, 5) is 6.20. The van der Waals surface area contributed by atoms with Crippen molar-refractivity contribution in [2.45, 2.75) is 24.8 Å². The van der Waals surface area contributed by atoms with Crippen molar-refractivity contribution in [1.29, 1.82) is 0 Å². The number of anilines is 1. The molecule has 2 aliphatic rings. The highest BCUT2D eigenvalue weighted by molar-refractivity contribution is 7.17. The standard InChI is InChI=1S/C25H21F6N5O2S/c26-24(27,28)16-3-1-14(19(9-16)25(29,30)31)8-18(13-2-4-20-15(7-13)10-33-35-20)21-22(38)34-23(39-21)36-6-5-32-11-17(36)12-37/h1-4,7,9-10,17,32,37-38H,5-6,8,11-12H2/b18-13+. The van der Waals surface area contributed by atoms with Gasteiger partial charge in [-0.25, -0.2) is 0 Å². The maximum atomic E-state index is 14.0. The molecule has 39 heavy (non-hydrogen) atoms. The molecule has 1 atom stereocenters. The van der Waals surface area contributed by atoms with Gasteiger partial charge >= 0.3 is 12.4 Å². The zero-order chi connectivity index (χ0) is 27.9. The third-order valence-corrected chi connectivity index (χ3v) is 7.67. The number of thiazole rings is 1. The number of halogens is 6. The Morgan fingerprint density at radius 2 is 1.87 bits per heavy atom. The number of piperazine rings is 1. The van der Waals surface area contributed by atoms with E-state index >= 15 is 0 Å². The predicted molar refractivity (Wildman–Crippen MR) is 132 cm³/mol. The van der Waals surface area contributed by atoms with Crippen molar-refractivity contribution in [3.63, 3.8) is 0 Å². The Hall–Kier alpha value is -3.49. The lowest BCUT2D eigenvalue weighted by molar-refractivity contribution is -0.143. The summed E-state index contributed by atoms with van der Waals surface area (Å²) in [5.74, 6) is -0.431. The fourth-order valence-electron chi connectivity index (χ4n) is 4.56. The molecule has 1 fully saturated rings. The van der Waals surface area contributed by atoms with Gasteiger partial charge in [0.2, 0.25) is 5.88 Å². The van der Waals surface area contributed by atoms with E-state index in [-0.39, 0.29) is 29.2 Å². The van der Waals surface area contributed by atoms with Crippen LogP contribution >= 0.6 is 11.3 Å². The van der Waals surface area contributed by atoms with Crippen molar-refractivity contribution in [2.24, 2.45) is 10.2 Å². The minimum atomic E-state index is -5.05. The molecule has 7 nitrogen and oxygen atoms in total. The summed E-state index contributed by atoms with van der Waals surface area (Å²) in [7, 11) is 0. The summed E-state index contributed by atoms with van der Waals surface area (Å²) >= 11 is 1.03. The average Bonchev–Trinajstić information content (AvgIpc) is 3.52. The van der Waals surface area contributed by atoms with Gasteiger partial charge in [-0.3, -0.25) is 0 Å². The number of hydrogen-bond donors (Lipinski definition) is 3. The Morgan fingerprint density at radius 3 is 2.59 bits per heavy atom. The number of alkyl halides is 6. The lowest BCUT2D eigenvalue weighted by atomic mass is 9.94. The molecule has 3 aromatic rings. The van der Waals surface area contributed by atoms with Gasteiger partial charge in [-0.2, -0.15) is 41.5 Å². The van der Waals surface area contributed by atoms with Crippen LogP contribution in [-0.2, 0) is 18.8 Å². The Morgan fingerprint density at radius 1 is 1.08 bits per heavy atom. The number of aliphatic hydroxyl groups excluding tert-OH is 1. The number of fused-ring (bicyclic) bond motifs is 1. The van der Waals surface area contributed by atoms with Gasteiger partial charge in [-0.05, 0) is 40.6 Å². The van der Waals surface area contributed by atoms with Crippen LogP contribution in [-0.4, -0.2) is 53.7 Å². The van der Waals surface area contributed by atoms with E-state index in [1.165, 1.54) is 6.21 Å². The second kappa shape index (κ2) is 10.2. The normalized spacial score (nSPS) is 18.2. The molecule has 0 radical (unpaired) electrons. The fourth-order valence-corrected chi connectivity index (χ4v) is 5.68. The monoisotopic (exact) mass is 569 g/mol. The van der Waals surface area contributed by atoms with E-state index in [4.69, 9.17) is 0 Å². The number of nitrogens with one attached hydrogen (secondary N) is 1. The Labute approximate surface area is 221 Å². The largest absolute Gasteiger partial charge is 0.492 e. The van der Waals surface area contributed by atoms with Crippen LogP contribution in [0.5, 0.6) is 5.88 Å². The first-order valence-corrected chi connectivity index (χ1v) is 12.6. The van der Waals surface area contributed by atoms with E-state index in [2.05, 4.69) is 20.5 Å². The second-order valence-electron chi connectivity index (χ2n) is 9.02. The number of hydrogen-bond acceptors (Lipinski definition) is 8. The minimum absolute atomic E-state index is 0.103.